The van der Waals surface area contributed by atoms with E-state index in [-0.39, 0.29) is 6.04 Å². The van der Waals surface area contributed by atoms with Crippen LogP contribution in [-0.2, 0) is 4.79 Å². The van der Waals surface area contributed by atoms with Gasteiger partial charge in [-0.15, -0.1) is 6.58 Å². The van der Waals surface area contributed by atoms with Gasteiger partial charge in [-0.1, -0.05) is 6.08 Å². The largest absolute Gasteiger partial charge is 0.324 e. The first kappa shape index (κ1) is 7.37. The number of carbonyl (C=O) groups excluding carboxylic acids is 1. The van der Waals surface area contributed by atoms with Crippen LogP contribution < -0.4 is 5.73 Å². The van der Waals surface area contributed by atoms with E-state index in [9.17, 15) is 4.79 Å². The molecule has 0 heterocycles. The van der Waals surface area contributed by atoms with E-state index in [1.807, 2.05) is 0 Å². The quantitative estimate of drug-likeness (QED) is 0.425. The van der Waals surface area contributed by atoms with Crippen LogP contribution in [0.25, 0.3) is 0 Å². The maximum Gasteiger partial charge on any atom is 0.120 e. The summed E-state index contributed by atoms with van der Waals surface area (Å²) in [6.45, 7) is 3.47. The van der Waals surface area contributed by atoms with Crippen molar-refractivity contribution in [3.63, 3.8) is 0 Å². The van der Waals surface area contributed by atoms with Crippen LogP contribution in [0, 0.1) is 0 Å². The Kier molecular flexibility index (Phi) is 4.17. The van der Waals surface area contributed by atoms with Gasteiger partial charge in [0, 0.05) is 12.5 Å². The van der Waals surface area contributed by atoms with Gasteiger partial charge in [-0.2, -0.15) is 0 Å². The predicted molar refractivity (Wildman–Crippen MR) is 33.5 cm³/mol. The molecule has 2 nitrogen and oxygen atoms in total. The van der Waals surface area contributed by atoms with Gasteiger partial charge >= 0.3 is 0 Å². The number of aldehydes is 1. The highest BCUT2D eigenvalue weighted by Crippen LogP contribution is 1.90. The Balaban J connectivity index is 3.09. The van der Waals surface area contributed by atoms with Gasteiger partial charge < -0.3 is 10.5 Å². The lowest BCUT2D eigenvalue weighted by atomic mass is 10.2. The van der Waals surface area contributed by atoms with Crippen LogP contribution in [0.5, 0.6) is 0 Å². The minimum atomic E-state index is -0.0137. The number of rotatable bonds is 4. The highest BCUT2D eigenvalue weighted by Gasteiger charge is 1.92. The summed E-state index contributed by atoms with van der Waals surface area (Å²) in [4.78, 5) is 9.74. The van der Waals surface area contributed by atoms with E-state index in [2.05, 4.69) is 6.58 Å². The Hall–Kier alpha value is -0.630. The number of hydrogen-bond acceptors (Lipinski definition) is 2. The maximum atomic E-state index is 9.74. The molecule has 0 spiro atoms. The summed E-state index contributed by atoms with van der Waals surface area (Å²) in [7, 11) is 0. The van der Waals surface area contributed by atoms with Crippen LogP contribution in [0.1, 0.15) is 12.8 Å². The van der Waals surface area contributed by atoms with E-state index in [1.165, 1.54) is 0 Å². The van der Waals surface area contributed by atoms with Crippen molar-refractivity contribution in [1.29, 1.82) is 0 Å². The first-order valence-corrected chi connectivity index (χ1v) is 2.63. The lowest BCUT2D eigenvalue weighted by molar-refractivity contribution is -0.107. The standard InChI is InChI=1S/C6H11NO/c1-2-6(7)4-3-5-8/h2,5-6H,1,3-4,7H2/t6-/m1/s1. The maximum absolute atomic E-state index is 9.74. The fraction of sp³-hybridized carbons (Fsp3) is 0.500. The van der Waals surface area contributed by atoms with Crippen molar-refractivity contribution in [2.75, 3.05) is 0 Å². The zero-order valence-electron chi connectivity index (χ0n) is 4.84. The van der Waals surface area contributed by atoms with Crippen LogP contribution in [0.15, 0.2) is 12.7 Å². The third-order valence-corrected chi connectivity index (χ3v) is 0.921. The van der Waals surface area contributed by atoms with E-state index in [0.29, 0.717) is 12.8 Å². The van der Waals surface area contributed by atoms with Crippen LogP contribution >= 0.6 is 0 Å². The SMILES string of the molecule is C=C[C@@H](N)CCC=O. The van der Waals surface area contributed by atoms with Gasteiger partial charge in [0.25, 0.3) is 0 Å². The van der Waals surface area contributed by atoms with Crippen molar-refractivity contribution < 1.29 is 4.79 Å². The summed E-state index contributed by atoms with van der Waals surface area (Å²) >= 11 is 0. The highest BCUT2D eigenvalue weighted by atomic mass is 16.1. The molecule has 0 aromatic heterocycles. The number of nitrogens with two attached hydrogens (primary N) is 1. The van der Waals surface area contributed by atoms with E-state index in [4.69, 9.17) is 5.73 Å². The molecule has 46 valence electrons. The predicted octanol–water partition coefficient (Wildman–Crippen LogP) is 0.479. The highest BCUT2D eigenvalue weighted by molar-refractivity contribution is 5.49. The molecule has 0 amide bonds. The average molecular weight is 113 g/mol. The Morgan fingerprint density at radius 1 is 1.75 bits per heavy atom. The minimum Gasteiger partial charge on any atom is -0.324 e. The van der Waals surface area contributed by atoms with Crippen molar-refractivity contribution in [3.8, 4) is 0 Å². The Morgan fingerprint density at radius 3 is 2.75 bits per heavy atom. The molecule has 2 N–H and O–H groups in total. The molecule has 0 rings (SSSR count). The second-order valence-corrected chi connectivity index (χ2v) is 1.64. The molecule has 0 saturated carbocycles. The van der Waals surface area contributed by atoms with Gasteiger partial charge in [0.2, 0.25) is 0 Å². The first-order valence-electron chi connectivity index (χ1n) is 2.63. The van der Waals surface area contributed by atoms with E-state index in [0.717, 1.165) is 6.29 Å². The molecule has 2 heteroatoms. The van der Waals surface area contributed by atoms with Crippen LogP contribution in [-0.4, -0.2) is 12.3 Å². The van der Waals surface area contributed by atoms with Crippen molar-refractivity contribution >= 4 is 6.29 Å². The molecule has 0 aliphatic heterocycles. The zero-order valence-corrected chi connectivity index (χ0v) is 4.84. The normalized spacial score (nSPS) is 12.6. The van der Waals surface area contributed by atoms with Crippen molar-refractivity contribution in [3.05, 3.63) is 12.7 Å². The van der Waals surface area contributed by atoms with Crippen LogP contribution in [0.4, 0.5) is 0 Å². The van der Waals surface area contributed by atoms with E-state index >= 15 is 0 Å². The summed E-state index contributed by atoms with van der Waals surface area (Å²) in [5, 5.41) is 0. The zero-order chi connectivity index (χ0) is 6.41. The summed E-state index contributed by atoms with van der Waals surface area (Å²) in [5.74, 6) is 0. The van der Waals surface area contributed by atoms with Gasteiger partial charge in [-0.05, 0) is 6.42 Å². The molecule has 0 saturated heterocycles. The summed E-state index contributed by atoms with van der Waals surface area (Å²) in [6.07, 6.45) is 3.76. The summed E-state index contributed by atoms with van der Waals surface area (Å²) in [6, 6.07) is -0.0137. The lowest BCUT2D eigenvalue weighted by Gasteiger charge is -1.98. The van der Waals surface area contributed by atoms with Crippen molar-refractivity contribution in [2.45, 2.75) is 18.9 Å². The van der Waals surface area contributed by atoms with Gasteiger partial charge in [0.1, 0.15) is 6.29 Å². The van der Waals surface area contributed by atoms with Gasteiger partial charge in [-0.25, -0.2) is 0 Å². The minimum absolute atomic E-state index is 0.0137. The molecule has 0 aliphatic carbocycles. The lowest BCUT2D eigenvalue weighted by Crippen LogP contribution is -2.15. The van der Waals surface area contributed by atoms with Gasteiger partial charge in [-0.3, -0.25) is 0 Å². The third kappa shape index (κ3) is 3.56. The topological polar surface area (TPSA) is 43.1 Å². The molecule has 0 radical (unpaired) electrons. The molecule has 0 unspecified atom stereocenters. The summed E-state index contributed by atoms with van der Waals surface area (Å²) in [5.41, 5.74) is 5.38. The molecule has 0 aromatic carbocycles. The van der Waals surface area contributed by atoms with E-state index < -0.39 is 0 Å². The fourth-order valence-corrected chi connectivity index (χ4v) is 0.378. The monoisotopic (exact) mass is 113 g/mol. The molecule has 0 fully saturated rings. The molecule has 0 bridgehead atoms. The Bertz CT molecular complexity index is 80.6. The second kappa shape index (κ2) is 4.53. The average Bonchev–Trinajstić information content (AvgIpc) is 1.83. The fourth-order valence-electron chi connectivity index (χ4n) is 0.378. The molecule has 0 aliphatic rings. The van der Waals surface area contributed by atoms with Crippen LogP contribution in [0.3, 0.4) is 0 Å². The molecule has 1 atom stereocenters. The first-order chi connectivity index (χ1) is 3.81. The molecule has 8 heavy (non-hydrogen) atoms. The van der Waals surface area contributed by atoms with E-state index in [1.54, 1.807) is 6.08 Å². The number of hydrogen-bond donors (Lipinski definition) is 1. The van der Waals surface area contributed by atoms with Crippen LogP contribution in [0.2, 0.25) is 0 Å². The van der Waals surface area contributed by atoms with Gasteiger partial charge in [0.05, 0.1) is 0 Å². The van der Waals surface area contributed by atoms with Crippen molar-refractivity contribution in [2.24, 2.45) is 5.73 Å². The second-order valence-electron chi connectivity index (χ2n) is 1.64. The third-order valence-electron chi connectivity index (χ3n) is 0.921. The summed E-state index contributed by atoms with van der Waals surface area (Å²) < 4.78 is 0. The molecule has 0 aromatic rings. The molecular weight excluding hydrogens is 102 g/mol. The van der Waals surface area contributed by atoms with Gasteiger partial charge in [0.15, 0.2) is 0 Å². The smallest absolute Gasteiger partial charge is 0.120 e. The van der Waals surface area contributed by atoms with Crippen molar-refractivity contribution in [1.82, 2.24) is 0 Å². The Morgan fingerprint density at radius 2 is 2.38 bits per heavy atom. The number of carbonyl (C=O) groups is 1. The molecular formula is C6H11NO. The Labute approximate surface area is 49.4 Å².